The number of nitrogens with zero attached hydrogens (tertiary/aromatic N) is 1. The van der Waals surface area contributed by atoms with E-state index in [-0.39, 0.29) is 5.91 Å². The molecule has 0 atom stereocenters. The number of benzene rings is 1. The number of furan rings is 1. The predicted octanol–water partition coefficient (Wildman–Crippen LogP) is 3.39. The van der Waals surface area contributed by atoms with Gasteiger partial charge in [-0.3, -0.25) is 4.79 Å². The number of guanidine groups is 1. The van der Waals surface area contributed by atoms with Gasteiger partial charge in [0.2, 0.25) is 0 Å². The van der Waals surface area contributed by atoms with Crippen LogP contribution in [0, 0.1) is 6.92 Å². The van der Waals surface area contributed by atoms with Gasteiger partial charge in [0.25, 0.3) is 5.91 Å². The molecule has 0 bridgehead atoms. The molecule has 3 rings (SSSR count). The molecule has 162 valence electrons. The summed E-state index contributed by atoms with van der Waals surface area (Å²) in [4.78, 5) is 16.6. The summed E-state index contributed by atoms with van der Waals surface area (Å²) in [5.41, 5.74) is 2.27. The van der Waals surface area contributed by atoms with Crippen LogP contribution in [-0.2, 0) is 6.54 Å². The van der Waals surface area contributed by atoms with E-state index in [0.29, 0.717) is 37.5 Å². The Hall–Kier alpha value is -2.96. The van der Waals surface area contributed by atoms with Crippen molar-refractivity contribution in [2.45, 2.75) is 52.2 Å². The lowest BCUT2D eigenvalue weighted by Crippen LogP contribution is -2.41. The largest absolute Gasteiger partial charge is 0.490 e. The second-order valence-corrected chi connectivity index (χ2v) is 7.49. The van der Waals surface area contributed by atoms with E-state index in [0.717, 1.165) is 30.7 Å². The predicted molar refractivity (Wildman–Crippen MR) is 118 cm³/mol. The van der Waals surface area contributed by atoms with Crippen LogP contribution in [-0.4, -0.2) is 37.6 Å². The molecule has 0 radical (unpaired) electrons. The number of rotatable bonds is 9. The van der Waals surface area contributed by atoms with E-state index >= 15 is 0 Å². The second kappa shape index (κ2) is 11.3. The minimum atomic E-state index is -0.225. The van der Waals surface area contributed by atoms with E-state index < -0.39 is 0 Å². The standard InChI is InChI=1S/C23H32N4O3/c1-3-24-23(26-13-12-25-22(28)20-9-6-14-29-20)27-16-18-11-10-17(2)15-21(18)30-19-7-4-5-8-19/h6,9-11,14-15,19H,3-5,7-8,12-13,16H2,1-2H3,(H,25,28)(H2,24,26,27). The SMILES string of the molecule is CCNC(=NCc1ccc(C)cc1OC1CCCC1)NCCNC(=O)c1ccco1. The summed E-state index contributed by atoms with van der Waals surface area (Å²) >= 11 is 0. The highest BCUT2D eigenvalue weighted by atomic mass is 16.5. The van der Waals surface area contributed by atoms with Crippen molar-refractivity contribution in [1.82, 2.24) is 16.0 Å². The molecule has 30 heavy (non-hydrogen) atoms. The Morgan fingerprint density at radius 2 is 1.97 bits per heavy atom. The zero-order valence-electron chi connectivity index (χ0n) is 17.9. The van der Waals surface area contributed by atoms with Crippen molar-refractivity contribution in [2.24, 2.45) is 4.99 Å². The monoisotopic (exact) mass is 412 g/mol. The first-order valence-corrected chi connectivity index (χ1v) is 10.8. The Kier molecular flexibility index (Phi) is 8.18. The lowest BCUT2D eigenvalue weighted by Gasteiger charge is -2.17. The number of ether oxygens (including phenoxy) is 1. The van der Waals surface area contributed by atoms with Gasteiger partial charge in [-0.2, -0.15) is 0 Å². The van der Waals surface area contributed by atoms with Gasteiger partial charge < -0.3 is 25.1 Å². The first-order valence-electron chi connectivity index (χ1n) is 10.8. The number of aryl methyl sites for hydroxylation is 1. The van der Waals surface area contributed by atoms with Crippen LogP contribution in [0.3, 0.4) is 0 Å². The van der Waals surface area contributed by atoms with Crippen molar-refractivity contribution in [1.29, 1.82) is 0 Å². The molecule has 1 aromatic heterocycles. The molecule has 3 N–H and O–H groups in total. The molecule has 7 heteroatoms. The van der Waals surface area contributed by atoms with E-state index in [1.165, 1.54) is 24.7 Å². The van der Waals surface area contributed by atoms with Gasteiger partial charge in [0.15, 0.2) is 11.7 Å². The van der Waals surface area contributed by atoms with Crippen LogP contribution in [0.15, 0.2) is 46.0 Å². The van der Waals surface area contributed by atoms with Crippen molar-refractivity contribution in [3.63, 3.8) is 0 Å². The first-order chi connectivity index (χ1) is 14.7. The lowest BCUT2D eigenvalue weighted by atomic mass is 10.1. The molecule has 1 aromatic carbocycles. The summed E-state index contributed by atoms with van der Waals surface area (Å²) in [6, 6.07) is 9.63. The van der Waals surface area contributed by atoms with Gasteiger partial charge in [0.05, 0.1) is 18.9 Å². The molecule has 7 nitrogen and oxygen atoms in total. The summed E-state index contributed by atoms with van der Waals surface area (Å²) < 4.78 is 11.4. The molecular weight excluding hydrogens is 380 g/mol. The number of carbonyl (C=O) groups excluding carboxylic acids is 1. The maximum Gasteiger partial charge on any atom is 0.287 e. The average molecular weight is 413 g/mol. The third-order valence-electron chi connectivity index (χ3n) is 5.02. The third kappa shape index (κ3) is 6.54. The zero-order valence-corrected chi connectivity index (χ0v) is 17.9. The van der Waals surface area contributed by atoms with E-state index in [1.807, 2.05) is 6.92 Å². The molecule has 0 unspecified atom stereocenters. The topological polar surface area (TPSA) is 87.9 Å². The Balaban J connectivity index is 1.54. The number of hydrogen-bond donors (Lipinski definition) is 3. The van der Waals surface area contributed by atoms with Gasteiger partial charge >= 0.3 is 0 Å². The normalized spacial score (nSPS) is 14.5. The Bertz CT molecular complexity index is 827. The minimum absolute atomic E-state index is 0.225. The maximum absolute atomic E-state index is 11.9. The lowest BCUT2D eigenvalue weighted by molar-refractivity contribution is 0.0926. The van der Waals surface area contributed by atoms with E-state index in [9.17, 15) is 4.79 Å². The Labute approximate surface area is 178 Å². The molecule has 1 aliphatic rings. The van der Waals surface area contributed by atoms with Gasteiger partial charge in [0, 0.05) is 25.2 Å². The highest BCUT2D eigenvalue weighted by Gasteiger charge is 2.18. The van der Waals surface area contributed by atoms with Gasteiger partial charge in [0.1, 0.15) is 5.75 Å². The van der Waals surface area contributed by atoms with Crippen LogP contribution in [0.25, 0.3) is 0 Å². The zero-order chi connectivity index (χ0) is 21.2. The first kappa shape index (κ1) is 21.7. The highest BCUT2D eigenvalue weighted by molar-refractivity contribution is 5.91. The summed E-state index contributed by atoms with van der Waals surface area (Å²) in [6.07, 6.45) is 6.55. The third-order valence-corrected chi connectivity index (χ3v) is 5.02. The fourth-order valence-electron chi connectivity index (χ4n) is 3.45. The van der Waals surface area contributed by atoms with E-state index in [4.69, 9.17) is 14.1 Å². The second-order valence-electron chi connectivity index (χ2n) is 7.49. The molecule has 2 aromatic rings. The number of carbonyl (C=O) groups is 1. The maximum atomic E-state index is 11.9. The van der Waals surface area contributed by atoms with Crippen LogP contribution >= 0.6 is 0 Å². The molecule has 1 heterocycles. The van der Waals surface area contributed by atoms with Gasteiger partial charge in [-0.15, -0.1) is 0 Å². The van der Waals surface area contributed by atoms with Crippen LogP contribution in [0.2, 0.25) is 0 Å². The summed E-state index contributed by atoms with van der Waals surface area (Å²) in [5.74, 6) is 1.73. The molecule has 1 saturated carbocycles. The molecule has 0 aliphatic heterocycles. The van der Waals surface area contributed by atoms with Crippen molar-refractivity contribution in [3.05, 3.63) is 53.5 Å². The van der Waals surface area contributed by atoms with Crippen molar-refractivity contribution in [3.8, 4) is 5.75 Å². The van der Waals surface area contributed by atoms with E-state index in [1.54, 1.807) is 12.1 Å². The fraction of sp³-hybridized carbons (Fsp3) is 0.478. The van der Waals surface area contributed by atoms with Crippen molar-refractivity contribution in [2.75, 3.05) is 19.6 Å². The number of nitrogens with one attached hydrogen (secondary N) is 3. The smallest absolute Gasteiger partial charge is 0.287 e. The molecule has 1 amide bonds. The Morgan fingerprint density at radius 3 is 2.70 bits per heavy atom. The van der Waals surface area contributed by atoms with Crippen LogP contribution in [0.4, 0.5) is 0 Å². The number of aliphatic imine (C=N–C) groups is 1. The van der Waals surface area contributed by atoms with E-state index in [2.05, 4.69) is 41.1 Å². The van der Waals surface area contributed by atoms with Crippen LogP contribution < -0.4 is 20.7 Å². The fourth-order valence-corrected chi connectivity index (χ4v) is 3.45. The van der Waals surface area contributed by atoms with Gasteiger partial charge in [-0.05, 0) is 63.3 Å². The molecule has 1 aliphatic carbocycles. The minimum Gasteiger partial charge on any atom is -0.490 e. The summed E-state index contributed by atoms with van der Waals surface area (Å²) in [5, 5.41) is 9.30. The van der Waals surface area contributed by atoms with Crippen molar-refractivity contribution >= 4 is 11.9 Å². The van der Waals surface area contributed by atoms with Gasteiger partial charge in [-0.1, -0.05) is 12.1 Å². The van der Waals surface area contributed by atoms with Gasteiger partial charge in [-0.25, -0.2) is 4.99 Å². The van der Waals surface area contributed by atoms with Crippen LogP contribution in [0.5, 0.6) is 5.75 Å². The highest BCUT2D eigenvalue weighted by Crippen LogP contribution is 2.28. The molecule has 0 spiro atoms. The molecule has 1 fully saturated rings. The molecule has 0 saturated heterocycles. The average Bonchev–Trinajstić information content (AvgIpc) is 3.44. The summed E-state index contributed by atoms with van der Waals surface area (Å²) in [6.45, 7) is 6.40. The molecular formula is C23H32N4O3. The number of hydrogen-bond acceptors (Lipinski definition) is 4. The van der Waals surface area contributed by atoms with Crippen molar-refractivity contribution < 1.29 is 13.9 Å². The number of amides is 1. The Morgan fingerprint density at radius 1 is 1.17 bits per heavy atom. The quantitative estimate of drug-likeness (QED) is 0.334. The van der Waals surface area contributed by atoms with Crippen LogP contribution in [0.1, 0.15) is 54.3 Å². The summed E-state index contributed by atoms with van der Waals surface area (Å²) in [7, 11) is 0.